The maximum atomic E-state index is 15.0. The van der Waals surface area contributed by atoms with Crippen LogP contribution in [-0.2, 0) is 75.0 Å². The van der Waals surface area contributed by atoms with Crippen LogP contribution in [0.25, 0.3) is 33.5 Å². The van der Waals surface area contributed by atoms with Gasteiger partial charge < -0.3 is 45.3 Å². The third kappa shape index (κ3) is 14.4. The number of nitrogens with zero attached hydrogens (tertiary/aromatic N) is 8. The number of cyclic esters (lactones) is 1. The van der Waals surface area contributed by atoms with E-state index in [0.29, 0.717) is 90.6 Å². The molecule has 0 aliphatic carbocycles. The summed E-state index contributed by atoms with van der Waals surface area (Å²) in [7, 11) is -3.54. The number of benzene rings is 1. The molecule has 23 nitrogen and oxygen atoms in total. The number of unbranched alkanes of at least 4 members (excludes halogenated alkanes) is 3. The third-order valence-corrected chi connectivity index (χ3v) is 15.6. The standard InChI is InChI=1S/C55H73FN12O11S/c1-8-55(75)40-24-45-49-38(29-68(45)52(73)39(40)31-79-53(55)74)36(37-23-34(6)41(56)25-43(37)61-49)17-16-22-78-32-60-47(70)28-57-50(71)42(18-13-15-20-66(9-2)10-3)62-51(72)48(33(4)5)63-46(69)19-12-11-14-21-67-30-44(64-65-67)35-26-58-54(59-27-35)80(7,76)77/h23-27,30,33,42,48,75H,8-22,28-29,31-32H2,1-7H3,(H,57,71)(H,60,70)(H,62,72)(H,63,69)/t42-,48-,55-/m0/s1. The van der Waals surface area contributed by atoms with Gasteiger partial charge in [-0.15, -0.1) is 5.10 Å². The Balaban J connectivity index is 0.885. The quantitative estimate of drug-likeness (QED) is 0.0194. The molecule has 2 aliphatic heterocycles. The second kappa shape index (κ2) is 26.9. The minimum Gasteiger partial charge on any atom is -0.458 e. The Morgan fingerprint density at radius 1 is 0.938 bits per heavy atom. The summed E-state index contributed by atoms with van der Waals surface area (Å²) in [4.78, 5) is 95.1. The van der Waals surface area contributed by atoms with Crippen molar-refractivity contribution in [2.24, 2.45) is 5.92 Å². The van der Waals surface area contributed by atoms with Crippen LogP contribution in [-0.4, -0.2) is 140 Å². The van der Waals surface area contributed by atoms with Gasteiger partial charge in [-0.3, -0.25) is 28.7 Å². The SMILES string of the molecule is CCN(CC)CCCC[C@H](NC(=O)[C@@H](NC(=O)CCCCCn1cc(-c2cnc(S(C)(=O)=O)nc2)nn1)C(C)C)C(=O)NCC(=O)NCOCCCc1c2c(nc3cc(F)c(C)cc13)-c1cc3c(c(=O)n1C2)COC(=O)[C@]3(O)CC. The highest BCUT2D eigenvalue weighted by molar-refractivity contribution is 7.90. The highest BCUT2D eigenvalue weighted by Crippen LogP contribution is 2.41. The number of amides is 4. The number of aliphatic hydroxyl groups is 1. The van der Waals surface area contributed by atoms with Crippen molar-refractivity contribution in [1.29, 1.82) is 0 Å². The van der Waals surface area contributed by atoms with E-state index in [1.807, 2.05) is 0 Å². The fourth-order valence-electron chi connectivity index (χ4n) is 9.94. The molecule has 25 heteroatoms. The summed E-state index contributed by atoms with van der Waals surface area (Å²) in [5, 5.41) is 31.0. The van der Waals surface area contributed by atoms with Gasteiger partial charge >= 0.3 is 5.97 Å². The van der Waals surface area contributed by atoms with Gasteiger partial charge in [0.25, 0.3) is 5.56 Å². The summed E-state index contributed by atoms with van der Waals surface area (Å²) < 4.78 is 52.6. The van der Waals surface area contributed by atoms with Gasteiger partial charge in [-0.05, 0) is 107 Å². The molecule has 0 unspecified atom stereocenters. The smallest absolute Gasteiger partial charge is 0.343 e. The van der Waals surface area contributed by atoms with Crippen LogP contribution in [0.5, 0.6) is 0 Å². The predicted molar refractivity (Wildman–Crippen MR) is 292 cm³/mol. The fraction of sp³-hybridized carbons (Fsp3) is 0.545. The van der Waals surface area contributed by atoms with Crippen molar-refractivity contribution in [3.05, 3.63) is 80.8 Å². The molecular weight excluding hydrogens is 1060 g/mol. The van der Waals surface area contributed by atoms with Gasteiger partial charge in [-0.2, -0.15) is 0 Å². The normalized spacial score (nSPS) is 15.5. The van der Waals surface area contributed by atoms with Crippen molar-refractivity contribution in [2.45, 2.75) is 148 Å². The van der Waals surface area contributed by atoms with E-state index in [4.69, 9.17) is 14.5 Å². The van der Waals surface area contributed by atoms with E-state index in [9.17, 15) is 46.7 Å². The molecular formula is C55H73FN12O11S. The lowest BCUT2D eigenvalue weighted by molar-refractivity contribution is -0.172. The van der Waals surface area contributed by atoms with Crippen molar-refractivity contribution < 1.29 is 51.4 Å². The Morgan fingerprint density at radius 3 is 2.39 bits per heavy atom. The molecule has 7 rings (SSSR count). The van der Waals surface area contributed by atoms with Gasteiger partial charge in [0.2, 0.25) is 38.6 Å². The number of aryl methyl sites for hydroxylation is 3. The molecule has 0 saturated heterocycles. The molecule has 0 bridgehead atoms. The molecule has 4 aromatic heterocycles. The first-order valence-corrected chi connectivity index (χ1v) is 29.2. The summed E-state index contributed by atoms with van der Waals surface area (Å²) in [5.41, 5.74) is 2.19. The topological polar surface area (TPSA) is 301 Å². The lowest BCUT2D eigenvalue weighted by Crippen LogP contribution is -2.56. The zero-order valence-electron chi connectivity index (χ0n) is 46.5. The minimum atomic E-state index is -3.54. The van der Waals surface area contributed by atoms with Crippen LogP contribution in [0.1, 0.15) is 120 Å². The number of sulfone groups is 1. The molecule has 6 heterocycles. The number of fused-ring (bicyclic) bond motifs is 5. The van der Waals surface area contributed by atoms with Crippen LogP contribution < -0.4 is 26.8 Å². The average Bonchev–Trinajstić information content (AvgIpc) is 4.06. The Kier molecular flexibility index (Phi) is 20.4. The number of rotatable bonds is 29. The fourth-order valence-corrected chi connectivity index (χ4v) is 10.4. The van der Waals surface area contributed by atoms with Gasteiger partial charge in [0.1, 0.15) is 36.9 Å². The van der Waals surface area contributed by atoms with Crippen LogP contribution in [0.2, 0.25) is 0 Å². The summed E-state index contributed by atoms with van der Waals surface area (Å²) in [6.07, 6.45) is 10.1. The number of halogens is 1. The molecule has 432 valence electrons. The largest absolute Gasteiger partial charge is 0.458 e. The van der Waals surface area contributed by atoms with Gasteiger partial charge in [-0.1, -0.05) is 46.3 Å². The van der Waals surface area contributed by atoms with Crippen LogP contribution >= 0.6 is 0 Å². The van der Waals surface area contributed by atoms with Gasteiger partial charge in [0.05, 0.1) is 41.8 Å². The number of hydrogen-bond donors (Lipinski definition) is 5. The summed E-state index contributed by atoms with van der Waals surface area (Å²) in [6.45, 7) is 13.6. The first-order valence-electron chi connectivity index (χ1n) is 27.3. The van der Waals surface area contributed by atoms with E-state index in [1.165, 1.54) is 23.0 Å². The van der Waals surface area contributed by atoms with Crippen LogP contribution in [0, 0.1) is 18.7 Å². The summed E-state index contributed by atoms with van der Waals surface area (Å²) in [5.74, 6) is -3.50. The minimum absolute atomic E-state index is 0.0113. The number of hydrogen-bond acceptors (Lipinski definition) is 17. The van der Waals surface area contributed by atoms with Gasteiger partial charge in [0.15, 0.2) is 5.60 Å². The lowest BCUT2D eigenvalue weighted by Gasteiger charge is -2.31. The number of esters is 1. The highest BCUT2D eigenvalue weighted by atomic mass is 32.2. The molecule has 5 N–H and O–H groups in total. The Bertz CT molecular complexity index is 3260. The Labute approximate surface area is 464 Å². The summed E-state index contributed by atoms with van der Waals surface area (Å²) in [6, 6.07) is 2.77. The van der Waals surface area contributed by atoms with Crippen molar-refractivity contribution >= 4 is 50.3 Å². The van der Waals surface area contributed by atoms with Crippen molar-refractivity contribution in [3.63, 3.8) is 0 Å². The number of ether oxygens (including phenoxy) is 2. The molecule has 0 fully saturated rings. The molecule has 3 atom stereocenters. The van der Waals surface area contributed by atoms with E-state index in [1.54, 1.807) is 50.7 Å². The zero-order chi connectivity index (χ0) is 57.9. The maximum Gasteiger partial charge on any atom is 0.343 e. The summed E-state index contributed by atoms with van der Waals surface area (Å²) >= 11 is 0. The Hall–Kier alpha value is -7.09. The maximum absolute atomic E-state index is 15.0. The second-order valence-electron chi connectivity index (χ2n) is 20.7. The molecule has 4 amide bonds. The van der Waals surface area contributed by atoms with Crippen molar-refractivity contribution in [1.82, 2.24) is 60.7 Å². The molecule has 2 aliphatic rings. The third-order valence-electron chi connectivity index (χ3n) is 14.7. The van der Waals surface area contributed by atoms with E-state index in [0.717, 1.165) is 43.4 Å². The van der Waals surface area contributed by atoms with E-state index in [2.05, 4.69) is 60.3 Å². The first-order chi connectivity index (χ1) is 38.2. The molecule has 5 aromatic rings. The van der Waals surface area contributed by atoms with Gasteiger partial charge in [-0.25, -0.2) is 32.6 Å². The van der Waals surface area contributed by atoms with Crippen LogP contribution in [0.15, 0.2) is 46.7 Å². The molecule has 80 heavy (non-hydrogen) atoms. The van der Waals surface area contributed by atoms with E-state index < -0.39 is 69.1 Å². The number of carbonyl (C=O) groups excluding carboxylic acids is 5. The monoisotopic (exact) mass is 1130 g/mol. The van der Waals surface area contributed by atoms with Crippen LogP contribution in [0.4, 0.5) is 4.39 Å². The average molecular weight is 1130 g/mol. The highest BCUT2D eigenvalue weighted by Gasteiger charge is 2.45. The predicted octanol–water partition coefficient (Wildman–Crippen LogP) is 3.52. The molecule has 0 radical (unpaired) electrons. The number of carbonyl (C=O) groups is 5. The van der Waals surface area contributed by atoms with Crippen LogP contribution in [0.3, 0.4) is 0 Å². The van der Waals surface area contributed by atoms with Gasteiger partial charge in [0, 0.05) is 66.4 Å². The van der Waals surface area contributed by atoms with E-state index in [-0.39, 0.29) is 67.4 Å². The number of pyridine rings is 2. The zero-order valence-corrected chi connectivity index (χ0v) is 47.3. The first kappa shape index (κ1) is 60.5. The van der Waals surface area contributed by atoms with E-state index >= 15 is 0 Å². The molecule has 0 saturated carbocycles. The van der Waals surface area contributed by atoms with Crippen molar-refractivity contribution in [2.75, 3.05) is 45.8 Å². The molecule has 1 aromatic carbocycles. The van der Waals surface area contributed by atoms with Crippen molar-refractivity contribution in [3.8, 4) is 22.6 Å². The molecule has 0 spiro atoms. The number of aromatic nitrogens is 7. The second-order valence-corrected chi connectivity index (χ2v) is 22.6. The number of nitrogens with one attached hydrogen (secondary N) is 4. The lowest BCUT2D eigenvalue weighted by atomic mass is 9.86. The Morgan fingerprint density at radius 2 is 1.69 bits per heavy atom.